The third kappa shape index (κ3) is 6.41. The molecule has 0 saturated heterocycles. The van der Waals surface area contributed by atoms with Gasteiger partial charge in [0.05, 0.1) is 28.1 Å². The minimum Gasteiger partial charge on any atom is -0.410 e. The molecule has 2 atom stereocenters. The van der Waals surface area contributed by atoms with Crippen LogP contribution < -0.4 is 19.1 Å². The first-order valence-electron chi connectivity index (χ1n) is 30.5. The molecular weight excluding hydrogens is 827 g/mol. The second-order valence-corrected chi connectivity index (χ2v) is 23.1. The molecule has 4 aliphatic rings. The summed E-state index contributed by atoms with van der Waals surface area (Å²) in [5.74, 6) is -0.706. The molecule has 6 aromatic carbocycles. The zero-order valence-electron chi connectivity index (χ0n) is 54.4. The van der Waals surface area contributed by atoms with Crippen LogP contribution in [-0.4, -0.2) is 0 Å². The maximum absolute atomic E-state index is 9.53. The molecule has 0 radical (unpaired) electrons. The number of para-hydroxylation sites is 1. The fraction of sp³-hybridized carbons (Fsp3) is 0.359. The van der Waals surface area contributed by atoms with Gasteiger partial charge in [0.2, 0.25) is 5.69 Å². The molecule has 4 nitrogen and oxygen atoms in total. The van der Waals surface area contributed by atoms with Gasteiger partial charge in [-0.3, -0.25) is 0 Å². The Morgan fingerprint density at radius 2 is 1.26 bits per heavy atom. The Hall–Kier alpha value is -6.13. The molecule has 0 N–H and O–H groups in total. The maximum Gasteiger partial charge on any atom is 0.432 e. The van der Waals surface area contributed by atoms with E-state index in [0.29, 0.717) is 5.69 Å². The molecule has 0 amide bonds. The Morgan fingerprint density at radius 3 is 1.93 bits per heavy atom. The van der Waals surface area contributed by atoms with Crippen molar-refractivity contribution in [1.82, 2.24) is 0 Å². The fourth-order valence-corrected chi connectivity index (χ4v) is 10.9. The number of benzene rings is 6. The Morgan fingerprint density at radius 1 is 0.588 bits per heavy atom. The number of nitrogens with zero attached hydrogens (tertiary/aromatic N) is 3. The SMILES string of the molecule is [2H]c1c([2H])c(C(C([2H])([2H])[2H])(C([2H])([2H])[2H])C([2H])([2H])[2H])c([2H])c([2H])c1-c1cc[n+]2c(c1)-c1cc(C(C)(C)C)cc3c1C21Oc2c(cc(C(C)(C)C)cc2C(C)(C)C)C2N(c4ccc(C(C)(C)CC)cc4-c4ccccc4)c4cccc-3c4N21. The van der Waals surface area contributed by atoms with Crippen LogP contribution in [0.3, 0.4) is 0 Å². The highest BCUT2D eigenvalue weighted by molar-refractivity contribution is 6.03. The highest BCUT2D eigenvalue weighted by atomic mass is 16.5. The van der Waals surface area contributed by atoms with E-state index in [-0.39, 0.29) is 27.4 Å². The van der Waals surface area contributed by atoms with Gasteiger partial charge in [-0.1, -0.05) is 182 Å². The fourth-order valence-electron chi connectivity index (χ4n) is 10.9. The van der Waals surface area contributed by atoms with E-state index in [9.17, 15) is 5.48 Å². The van der Waals surface area contributed by atoms with E-state index < -0.39 is 73.1 Å². The molecule has 2 unspecified atom stereocenters. The zero-order chi connectivity index (χ0) is 59.2. The first kappa shape index (κ1) is 31.8. The number of aromatic nitrogens is 1. The average molecular weight is 910 g/mol. The van der Waals surface area contributed by atoms with Crippen molar-refractivity contribution in [1.29, 1.82) is 0 Å². The molecule has 4 heteroatoms. The normalized spacial score (nSPS) is 21.3. The van der Waals surface area contributed by atoms with Crippen molar-refractivity contribution in [2.45, 2.75) is 149 Å². The smallest absolute Gasteiger partial charge is 0.410 e. The second-order valence-electron chi connectivity index (χ2n) is 23.1. The molecular formula is C64H70N3O+. The Bertz CT molecular complexity index is 3730. The van der Waals surface area contributed by atoms with Crippen molar-refractivity contribution in [3.8, 4) is 50.4 Å². The molecule has 4 aliphatic heterocycles. The van der Waals surface area contributed by atoms with E-state index in [1.807, 2.05) is 12.3 Å². The summed E-state index contributed by atoms with van der Waals surface area (Å²) < 4.78 is 124. The molecule has 7 aromatic rings. The van der Waals surface area contributed by atoms with Gasteiger partial charge in [0.1, 0.15) is 17.5 Å². The minimum atomic E-state index is -3.81. The van der Waals surface area contributed by atoms with E-state index in [2.05, 4.69) is 182 Å². The number of rotatable bonds is 5. The lowest BCUT2D eigenvalue weighted by atomic mass is 9.77. The van der Waals surface area contributed by atoms with E-state index in [1.165, 1.54) is 5.56 Å². The molecule has 11 rings (SSSR count). The first-order chi connectivity index (χ1) is 37.4. The van der Waals surface area contributed by atoms with Crippen LogP contribution in [0.2, 0.25) is 0 Å². The van der Waals surface area contributed by atoms with E-state index in [1.54, 1.807) is 12.1 Å². The van der Waals surface area contributed by atoms with Crippen LogP contribution in [0.4, 0.5) is 17.1 Å². The van der Waals surface area contributed by atoms with Crippen LogP contribution in [0.1, 0.15) is 173 Å². The second kappa shape index (κ2) is 14.5. The van der Waals surface area contributed by atoms with Crippen molar-refractivity contribution in [3.63, 3.8) is 0 Å². The zero-order valence-corrected chi connectivity index (χ0v) is 41.4. The summed E-state index contributed by atoms with van der Waals surface area (Å²) in [7, 11) is 0. The van der Waals surface area contributed by atoms with Crippen LogP contribution in [0, 0.1) is 0 Å². The largest absolute Gasteiger partial charge is 0.432 e. The van der Waals surface area contributed by atoms with E-state index in [4.69, 9.17) is 17.1 Å². The highest BCUT2D eigenvalue weighted by Crippen LogP contribution is 2.68. The van der Waals surface area contributed by atoms with Gasteiger partial charge >= 0.3 is 5.85 Å². The third-order valence-corrected chi connectivity index (χ3v) is 15.1. The highest BCUT2D eigenvalue weighted by Gasteiger charge is 2.70. The number of fused-ring (bicyclic) bond motifs is 5. The molecule has 0 bridgehead atoms. The predicted molar refractivity (Wildman–Crippen MR) is 284 cm³/mol. The minimum absolute atomic E-state index is 0.122. The lowest BCUT2D eigenvalue weighted by Crippen LogP contribution is -2.71. The van der Waals surface area contributed by atoms with Crippen LogP contribution in [0.25, 0.3) is 44.6 Å². The first-order valence-corrected chi connectivity index (χ1v) is 24.0. The van der Waals surface area contributed by atoms with Crippen molar-refractivity contribution in [2.75, 3.05) is 9.80 Å². The Balaban J connectivity index is 1.27. The molecule has 0 aliphatic carbocycles. The summed E-state index contributed by atoms with van der Waals surface area (Å²) in [4.78, 5) is 4.93. The molecule has 0 saturated carbocycles. The van der Waals surface area contributed by atoms with Gasteiger partial charge in [0.25, 0.3) is 0 Å². The van der Waals surface area contributed by atoms with Crippen molar-refractivity contribution >= 4 is 17.1 Å². The average Bonchev–Trinajstić information content (AvgIpc) is 1.59. The van der Waals surface area contributed by atoms with Crippen LogP contribution >= 0.6 is 0 Å². The van der Waals surface area contributed by atoms with Gasteiger partial charge in [-0.2, -0.15) is 0 Å². The lowest BCUT2D eigenvalue weighted by Gasteiger charge is -2.49. The lowest BCUT2D eigenvalue weighted by molar-refractivity contribution is -0.774. The van der Waals surface area contributed by atoms with Gasteiger partial charge in [-0.05, 0) is 109 Å². The number of pyridine rings is 1. The van der Waals surface area contributed by atoms with Crippen molar-refractivity contribution in [3.05, 3.63) is 172 Å². The van der Waals surface area contributed by atoms with Crippen molar-refractivity contribution in [2.24, 2.45) is 0 Å². The molecule has 1 aromatic heterocycles. The summed E-state index contributed by atoms with van der Waals surface area (Å²) in [6, 6.07) is 32.9. The molecule has 5 heterocycles. The predicted octanol–water partition coefficient (Wildman–Crippen LogP) is 16.6. The summed E-state index contributed by atoms with van der Waals surface area (Å²) in [6.07, 6.45) is 2.26. The number of hydrogen-bond donors (Lipinski definition) is 0. The van der Waals surface area contributed by atoms with Gasteiger partial charge in [-0.25, -0.2) is 4.90 Å². The van der Waals surface area contributed by atoms with Gasteiger partial charge in [-0.15, -0.1) is 4.57 Å². The molecule has 68 heavy (non-hydrogen) atoms. The Kier molecular flexibility index (Phi) is 6.76. The monoisotopic (exact) mass is 910 g/mol. The number of ether oxygens (including phenoxy) is 1. The molecule has 1 spiro atoms. The van der Waals surface area contributed by atoms with Crippen LogP contribution in [0.15, 0.2) is 133 Å². The van der Waals surface area contributed by atoms with Gasteiger partial charge in [0, 0.05) is 52.3 Å². The summed E-state index contributed by atoms with van der Waals surface area (Å²) in [5.41, 5.74) is 8.55. The van der Waals surface area contributed by atoms with Crippen molar-refractivity contribution < 1.29 is 27.1 Å². The Labute approximate surface area is 424 Å². The molecule has 346 valence electrons. The van der Waals surface area contributed by atoms with E-state index >= 15 is 0 Å². The number of anilines is 3. The summed E-state index contributed by atoms with van der Waals surface area (Å²) in [5, 5.41) is 0. The third-order valence-electron chi connectivity index (χ3n) is 15.1. The standard InChI is InChI=1S/C64H70N3O/c1-16-63(14,15)43-29-30-52(47(34-43)40-21-18-17-19-22-40)66-53-24-20-23-46-48-35-44(60(5,6)7)36-49-54-33-41(39-25-27-42(28-26-39)59(2,3)4)31-32-65(54)64(55(48)49)67(56(46)53)58(66)50-37-45(61(8,9)10)38-51(57(50)68-64)62(11,12)13/h17-38,58H,16H2,1-15H3/q+1/i2D3,3D3,4D3,25D,26D,27D,28D. The topological polar surface area (TPSA) is 19.6 Å². The van der Waals surface area contributed by atoms with Gasteiger partial charge < -0.3 is 9.64 Å². The van der Waals surface area contributed by atoms with Crippen LogP contribution in [-0.2, 0) is 32.9 Å². The number of hydrogen-bond acceptors (Lipinski definition) is 3. The van der Waals surface area contributed by atoms with Gasteiger partial charge in [0.15, 0.2) is 6.20 Å². The van der Waals surface area contributed by atoms with E-state index in [0.717, 1.165) is 84.9 Å². The molecule has 0 fully saturated rings. The maximum atomic E-state index is 9.53. The summed E-state index contributed by atoms with van der Waals surface area (Å²) in [6.45, 7) is 15.2. The summed E-state index contributed by atoms with van der Waals surface area (Å²) >= 11 is 0. The van der Waals surface area contributed by atoms with Crippen LogP contribution in [0.5, 0.6) is 5.75 Å². The quantitative estimate of drug-likeness (QED) is 0.160.